The van der Waals surface area contributed by atoms with Crippen LogP contribution in [-0.2, 0) is 0 Å². The molecule has 3 aromatic rings. The number of ether oxygens (including phenoxy) is 1. The third kappa shape index (κ3) is 3.10. The van der Waals surface area contributed by atoms with Gasteiger partial charge in [-0.1, -0.05) is 29.3 Å². The van der Waals surface area contributed by atoms with Crippen LogP contribution in [0.5, 0.6) is 5.75 Å². The molecular weight excluding hydrogens is 355 g/mol. The van der Waals surface area contributed by atoms with E-state index in [-0.39, 0.29) is 0 Å². The van der Waals surface area contributed by atoms with Gasteiger partial charge in [-0.3, -0.25) is 9.98 Å². The van der Waals surface area contributed by atoms with Crippen LogP contribution >= 0.6 is 23.2 Å². The molecule has 0 aliphatic carbocycles. The molecule has 0 atom stereocenters. The van der Waals surface area contributed by atoms with Crippen molar-refractivity contribution in [3.63, 3.8) is 0 Å². The standard InChI is InChI=1S/C20H16Cl2N2O/c1-20(2)11-24-18(15-4-3-5-16(22)19(15)25-20)13-8-12-9-14(21)6-7-17(12)23-10-13/h3-10H,11H2,1-2H3. The summed E-state index contributed by atoms with van der Waals surface area (Å²) in [6.45, 7) is 4.54. The first-order valence-corrected chi connectivity index (χ1v) is 8.77. The second kappa shape index (κ2) is 6.01. The van der Waals surface area contributed by atoms with Crippen LogP contribution in [-0.4, -0.2) is 22.8 Å². The number of pyridine rings is 1. The minimum atomic E-state index is -0.435. The lowest BCUT2D eigenvalue weighted by atomic mass is 10.0. The van der Waals surface area contributed by atoms with Crippen molar-refractivity contribution in [1.82, 2.24) is 4.98 Å². The topological polar surface area (TPSA) is 34.5 Å². The summed E-state index contributed by atoms with van der Waals surface area (Å²) in [6.07, 6.45) is 1.83. The maximum absolute atomic E-state index is 6.40. The zero-order valence-electron chi connectivity index (χ0n) is 13.9. The van der Waals surface area contributed by atoms with Gasteiger partial charge in [0.05, 0.1) is 22.8 Å². The summed E-state index contributed by atoms with van der Waals surface area (Å²) < 4.78 is 6.15. The van der Waals surface area contributed by atoms with Crippen LogP contribution in [0.1, 0.15) is 25.0 Å². The average Bonchev–Trinajstić information content (AvgIpc) is 2.71. The lowest BCUT2D eigenvalue weighted by molar-refractivity contribution is 0.121. The minimum absolute atomic E-state index is 0.435. The van der Waals surface area contributed by atoms with Crippen LogP contribution in [0.4, 0.5) is 0 Å². The van der Waals surface area contributed by atoms with Gasteiger partial charge in [0.15, 0.2) is 0 Å². The van der Waals surface area contributed by atoms with Crippen molar-refractivity contribution in [2.24, 2.45) is 4.99 Å². The second-order valence-corrected chi connectivity index (χ2v) is 7.55. The van der Waals surface area contributed by atoms with Crippen LogP contribution in [0.2, 0.25) is 10.0 Å². The van der Waals surface area contributed by atoms with E-state index in [9.17, 15) is 0 Å². The average molecular weight is 371 g/mol. The Balaban J connectivity index is 1.93. The number of fused-ring (bicyclic) bond motifs is 2. The van der Waals surface area contributed by atoms with E-state index in [1.54, 1.807) is 0 Å². The Morgan fingerprint density at radius 2 is 1.92 bits per heavy atom. The summed E-state index contributed by atoms with van der Waals surface area (Å²) in [5.74, 6) is 0.664. The fourth-order valence-electron chi connectivity index (χ4n) is 2.94. The molecule has 25 heavy (non-hydrogen) atoms. The van der Waals surface area contributed by atoms with E-state index in [1.807, 2.05) is 56.4 Å². The first-order chi connectivity index (χ1) is 11.9. The maximum atomic E-state index is 6.40. The molecular formula is C20H16Cl2N2O. The quantitative estimate of drug-likeness (QED) is 0.562. The lowest BCUT2D eigenvalue weighted by Gasteiger charge is -2.24. The van der Waals surface area contributed by atoms with Gasteiger partial charge < -0.3 is 4.74 Å². The maximum Gasteiger partial charge on any atom is 0.148 e. The van der Waals surface area contributed by atoms with Crippen LogP contribution in [0, 0.1) is 0 Å². The highest BCUT2D eigenvalue weighted by Gasteiger charge is 2.28. The predicted octanol–water partition coefficient (Wildman–Crippen LogP) is 5.55. The molecule has 0 saturated carbocycles. The number of benzene rings is 2. The number of halogens is 2. The van der Waals surface area contributed by atoms with Gasteiger partial charge >= 0.3 is 0 Å². The molecule has 1 aromatic heterocycles. The molecule has 1 aliphatic heterocycles. The lowest BCUT2D eigenvalue weighted by Crippen LogP contribution is -2.31. The number of nitrogens with zero attached hydrogens (tertiary/aromatic N) is 2. The number of aliphatic imine (C=N–C) groups is 1. The number of hydrogen-bond acceptors (Lipinski definition) is 3. The summed E-state index contributed by atoms with van der Waals surface area (Å²) >= 11 is 12.5. The zero-order valence-corrected chi connectivity index (χ0v) is 15.4. The van der Waals surface area contributed by atoms with E-state index in [2.05, 4.69) is 11.1 Å². The molecule has 0 saturated heterocycles. The third-order valence-electron chi connectivity index (χ3n) is 4.14. The van der Waals surface area contributed by atoms with Gasteiger partial charge in [0.2, 0.25) is 0 Å². The van der Waals surface area contributed by atoms with Crippen molar-refractivity contribution >= 4 is 39.8 Å². The Bertz CT molecular complexity index is 1010. The van der Waals surface area contributed by atoms with Crippen molar-refractivity contribution in [3.8, 4) is 5.75 Å². The van der Waals surface area contributed by atoms with Gasteiger partial charge in [-0.25, -0.2) is 0 Å². The van der Waals surface area contributed by atoms with E-state index in [0.717, 1.165) is 27.7 Å². The smallest absolute Gasteiger partial charge is 0.148 e. The van der Waals surface area contributed by atoms with Crippen molar-refractivity contribution in [2.45, 2.75) is 19.4 Å². The number of para-hydroxylation sites is 1. The van der Waals surface area contributed by atoms with Gasteiger partial charge in [0, 0.05) is 27.7 Å². The molecule has 0 unspecified atom stereocenters. The number of hydrogen-bond donors (Lipinski definition) is 0. The largest absolute Gasteiger partial charge is 0.484 e. The molecule has 2 heterocycles. The fourth-order valence-corrected chi connectivity index (χ4v) is 3.33. The Kier molecular flexibility index (Phi) is 3.94. The van der Waals surface area contributed by atoms with Gasteiger partial charge in [-0.05, 0) is 50.2 Å². The van der Waals surface area contributed by atoms with E-state index in [0.29, 0.717) is 22.3 Å². The van der Waals surface area contributed by atoms with Crippen molar-refractivity contribution in [1.29, 1.82) is 0 Å². The molecule has 5 heteroatoms. The monoisotopic (exact) mass is 370 g/mol. The Labute approximate surface area is 156 Å². The molecule has 0 amide bonds. The highest BCUT2D eigenvalue weighted by molar-refractivity contribution is 6.33. The molecule has 126 valence electrons. The van der Waals surface area contributed by atoms with Crippen molar-refractivity contribution < 1.29 is 4.74 Å². The van der Waals surface area contributed by atoms with E-state index < -0.39 is 5.60 Å². The van der Waals surface area contributed by atoms with Gasteiger partial charge in [0.1, 0.15) is 11.4 Å². The first-order valence-electron chi connectivity index (χ1n) is 8.01. The molecule has 2 aromatic carbocycles. The minimum Gasteiger partial charge on any atom is -0.484 e. The van der Waals surface area contributed by atoms with Crippen molar-refractivity contribution in [2.75, 3.05) is 6.54 Å². The summed E-state index contributed by atoms with van der Waals surface area (Å²) in [6, 6.07) is 13.4. The molecule has 0 radical (unpaired) electrons. The molecule has 4 rings (SSSR count). The van der Waals surface area contributed by atoms with Crippen LogP contribution in [0.25, 0.3) is 10.9 Å². The Morgan fingerprint density at radius 3 is 2.76 bits per heavy atom. The SMILES string of the molecule is CC1(C)CN=C(c2cnc3ccc(Cl)cc3c2)c2cccc(Cl)c2O1. The Morgan fingerprint density at radius 1 is 1.08 bits per heavy atom. The highest BCUT2D eigenvalue weighted by Crippen LogP contribution is 2.36. The van der Waals surface area contributed by atoms with Crippen LogP contribution in [0.3, 0.4) is 0 Å². The fraction of sp³-hybridized carbons (Fsp3) is 0.200. The molecule has 1 aliphatic rings. The van der Waals surface area contributed by atoms with Gasteiger partial charge in [-0.2, -0.15) is 0 Å². The van der Waals surface area contributed by atoms with E-state index >= 15 is 0 Å². The molecule has 0 fully saturated rings. The van der Waals surface area contributed by atoms with E-state index in [4.69, 9.17) is 32.9 Å². The third-order valence-corrected chi connectivity index (χ3v) is 4.67. The second-order valence-electron chi connectivity index (χ2n) is 6.70. The van der Waals surface area contributed by atoms with Gasteiger partial charge in [0.25, 0.3) is 0 Å². The number of rotatable bonds is 1. The normalized spacial score (nSPS) is 15.9. The summed E-state index contributed by atoms with van der Waals surface area (Å²) in [7, 11) is 0. The number of aromatic nitrogens is 1. The van der Waals surface area contributed by atoms with Crippen molar-refractivity contribution in [3.05, 3.63) is 69.8 Å². The molecule has 0 N–H and O–H groups in total. The molecule has 3 nitrogen and oxygen atoms in total. The van der Waals surface area contributed by atoms with Crippen LogP contribution in [0.15, 0.2) is 53.7 Å². The highest BCUT2D eigenvalue weighted by atomic mass is 35.5. The molecule has 0 bridgehead atoms. The summed E-state index contributed by atoms with van der Waals surface area (Å²) in [4.78, 5) is 9.36. The summed E-state index contributed by atoms with van der Waals surface area (Å²) in [5.41, 5.74) is 3.08. The van der Waals surface area contributed by atoms with E-state index in [1.165, 1.54) is 0 Å². The zero-order chi connectivity index (χ0) is 17.6. The first kappa shape index (κ1) is 16.4. The summed E-state index contributed by atoms with van der Waals surface area (Å²) in [5, 5.41) is 2.24. The molecule has 0 spiro atoms. The Hall–Kier alpha value is -2.10. The van der Waals surface area contributed by atoms with Crippen LogP contribution < -0.4 is 4.74 Å². The van der Waals surface area contributed by atoms with Gasteiger partial charge in [-0.15, -0.1) is 0 Å². The predicted molar refractivity (Wildman–Crippen MR) is 103 cm³/mol.